The van der Waals surface area contributed by atoms with Crippen LogP contribution in [0.4, 0.5) is 0 Å². The zero-order chi connectivity index (χ0) is 16.6. The van der Waals surface area contributed by atoms with Gasteiger partial charge in [-0.1, -0.05) is 0 Å². The fraction of sp³-hybridized carbons (Fsp3) is 0.222. The normalized spacial score (nSPS) is 15.1. The number of hydrogen-bond acceptors (Lipinski definition) is 4. The van der Waals surface area contributed by atoms with E-state index in [9.17, 15) is 9.90 Å². The Hall–Kier alpha value is -2.84. The lowest BCUT2D eigenvalue weighted by molar-refractivity contribution is 0.157. The van der Waals surface area contributed by atoms with Gasteiger partial charge in [0.1, 0.15) is 11.4 Å². The molecule has 2 aromatic rings. The molecule has 0 spiro atoms. The molecule has 0 saturated carbocycles. The lowest BCUT2D eigenvalue weighted by atomic mass is 9.97. The molecule has 1 aromatic heterocycles. The second-order valence-corrected chi connectivity index (χ2v) is 5.96. The van der Waals surface area contributed by atoms with Crippen LogP contribution in [0.3, 0.4) is 0 Å². The lowest BCUT2D eigenvalue weighted by Gasteiger charge is -2.31. The SMILES string of the molecule is CC1(C)C=C(n2cc(CO)ccc2=O)c2cc(C#N)ccc2O1. The Kier molecular flexibility index (Phi) is 3.55. The first-order valence-electron chi connectivity index (χ1n) is 7.23. The van der Waals surface area contributed by atoms with Gasteiger partial charge in [-0.2, -0.15) is 5.26 Å². The van der Waals surface area contributed by atoms with Crippen molar-refractivity contribution >= 4 is 5.70 Å². The van der Waals surface area contributed by atoms with Crippen LogP contribution in [0.25, 0.3) is 5.70 Å². The molecular weight excluding hydrogens is 292 g/mol. The Morgan fingerprint density at radius 1 is 1.30 bits per heavy atom. The van der Waals surface area contributed by atoms with E-state index in [2.05, 4.69) is 6.07 Å². The average molecular weight is 308 g/mol. The van der Waals surface area contributed by atoms with E-state index >= 15 is 0 Å². The van der Waals surface area contributed by atoms with Crippen molar-refractivity contribution in [1.82, 2.24) is 4.57 Å². The third-order valence-corrected chi connectivity index (χ3v) is 3.66. The van der Waals surface area contributed by atoms with Gasteiger partial charge >= 0.3 is 0 Å². The summed E-state index contributed by atoms with van der Waals surface area (Å²) in [5.74, 6) is 0.618. The minimum Gasteiger partial charge on any atom is -0.483 e. The highest BCUT2D eigenvalue weighted by atomic mass is 16.5. The predicted octanol–water partition coefficient (Wildman–Crippen LogP) is 2.27. The second kappa shape index (κ2) is 5.41. The highest BCUT2D eigenvalue weighted by Gasteiger charge is 2.28. The summed E-state index contributed by atoms with van der Waals surface area (Å²) < 4.78 is 7.40. The van der Waals surface area contributed by atoms with Crippen molar-refractivity contribution in [3.05, 3.63) is 69.6 Å². The second-order valence-electron chi connectivity index (χ2n) is 5.96. The number of nitrogens with zero attached hydrogens (tertiary/aromatic N) is 2. The molecule has 0 fully saturated rings. The molecule has 1 aromatic carbocycles. The van der Waals surface area contributed by atoms with E-state index in [1.165, 1.54) is 10.6 Å². The number of nitriles is 1. The zero-order valence-corrected chi connectivity index (χ0v) is 12.9. The van der Waals surface area contributed by atoms with Crippen LogP contribution in [0.5, 0.6) is 5.75 Å². The molecule has 0 atom stereocenters. The van der Waals surface area contributed by atoms with Gasteiger partial charge in [0, 0.05) is 17.8 Å². The van der Waals surface area contributed by atoms with E-state index < -0.39 is 5.60 Å². The maximum Gasteiger partial charge on any atom is 0.255 e. The minimum absolute atomic E-state index is 0.154. The molecule has 3 rings (SSSR count). The van der Waals surface area contributed by atoms with Crippen LogP contribution < -0.4 is 10.3 Å². The molecular formula is C18H16N2O3. The highest BCUT2D eigenvalue weighted by molar-refractivity contribution is 5.74. The molecule has 0 radical (unpaired) electrons. The van der Waals surface area contributed by atoms with E-state index in [1.807, 2.05) is 19.9 Å². The monoisotopic (exact) mass is 308 g/mol. The van der Waals surface area contributed by atoms with Crippen LogP contribution in [-0.2, 0) is 6.61 Å². The van der Waals surface area contributed by atoms with Gasteiger partial charge in [0.2, 0.25) is 0 Å². The molecule has 0 saturated heterocycles. The number of rotatable bonds is 2. The number of aromatic nitrogens is 1. The first kappa shape index (κ1) is 15.1. The van der Waals surface area contributed by atoms with Gasteiger partial charge in [0.05, 0.1) is 23.9 Å². The van der Waals surface area contributed by atoms with Gasteiger partial charge in [-0.3, -0.25) is 9.36 Å². The Morgan fingerprint density at radius 2 is 2.09 bits per heavy atom. The number of benzene rings is 1. The lowest BCUT2D eigenvalue weighted by Crippen LogP contribution is -2.32. The van der Waals surface area contributed by atoms with Crippen LogP contribution in [0, 0.1) is 11.3 Å². The number of aliphatic hydroxyl groups excluding tert-OH is 1. The van der Waals surface area contributed by atoms with Gasteiger partial charge in [0.15, 0.2) is 0 Å². The van der Waals surface area contributed by atoms with E-state index in [0.29, 0.717) is 28.1 Å². The van der Waals surface area contributed by atoms with Crippen molar-refractivity contribution < 1.29 is 9.84 Å². The molecule has 2 heterocycles. The molecule has 0 amide bonds. The third-order valence-electron chi connectivity index (χ3n) is 3.66. The van der Waals surface area contributed by atoms with Gasteiger partial charge < -0.3 is 9.84 Å². The molecule has 23 heavy (non-hydrogen) atoms. The van der Waals surface area contributed by atoms with Crippen LogP contribution in [0.2, 0.25) is 0 Å². The molecule has 1 N–H and O–H groups in total. The first-order valence-corrected chi connectivity index (χ1v) is 7.23. The molecule has 0 bridgehead atoms. The number of ether oxygens (including phenoxy) is 1. The summed E-state index contributed by atoms with van der Waals surface area (Å²) in [4.78, 5) is 12.3. The van der Waals surface area contributed by atoms with Gasteiger partial charge in [-0.15, -0.1) is 0 Å². The Bertz CT molecular complexity index is 901. The number of hydrogen-bond donors (Lipinski definition) is 1. The molecule has 0 aliphatic carbocycles. The van der Waals surface area contributed by atoms with Crippen molar-refractivity contribution in [3.8, 4) is 11.8 Å². The van der Waals surface area contributed by atoms with Crippen molar-refractivity contribution in [2.75, 3.05) is 0 Å². The zero-order valence-electron chi connectivity index (χ0n) is 12.9. The van der Waals surface area contributed by atoms with Crippen LogP contribution >= 0.6 is 0 Å². The van der Waals surface area contributed by atoms with Gasteiger partial charge in [-0.25, -0.2) is 0 Å². The minimum atomic E-state index is -0.592. The molecule has 5 heteroatoms. The maximum atomic E-state index is 12.3. The van der Waals surface area contributed by atoms with Crippen LogP contribution in [-0.4, -0.2) is 15.3 Å². The van der Waals surface area contributed by atoms with E-state index in [-0.39, 0.29) is 12.2 Å². The van der Waals surface area contributed by atoms with Crippen molar-refractivity contribution in [1.29, 1.82) is 5.26 Å². The van der Waals surface area contributed by atoms with E-state index in [4.69, 9.17) is 10.00 Å². The third kappa shape index (κ3) is 2.77. The van der Waals surface area contributed by atoms with Gasteiger partial charge in [-0.05, 0) is 49.8 Å². The summed E-state index contributed by atoms with van der Waals surface area (Å²) in [5.41, 5.74) is 1.65. The quantitative estimate of drug-likeness (QED) is 0.923. The molecule has 0 unspecified atom stereocenters. The molecule has 1 aliphatic rings. The number of aliphatic hydroxyl groups is 1. The topological polar surface area (TPSA) is 75.3 Å². The van der Waals surface area contributed by atoms with Crippen molar-refractivity contribution in [3.63, 3.8) is 0 Å². The Balaban J connectivity index is 2.28. The average Bonchev–Trinajstić information content (AvgIpc) is 2.53. The fourth-order valence-corrected chi connectivity index (χ4v) is 2.62. The predicted molar refractivity (Wildman–Crippen MR) is 85.9 cm³/mol. The van der Waals surface area contributed by atoms with Crippen LogP contribution in [0.1, 0.15) is 30.5 Å². The summed E-state index contributed by atoms with van der Waals surface area (Å²) in [6.45, 7) is 3.64. The Labute approximate surface area is 133 Å². The number of pyridine rings is 1. The summed E-state index contributed by atoms with van der Waals surface area (Å²) in [7, 11) is 0. The standard InChI is InChI=1S/C18H16N2O3/c1-18(2)8-15(20-10-13(11-21)4-6-17(20)22)14-7-12(9-19)3-5-16(14)23-18/h3-8,10,21H,11H2,1-2H3. The summed E-state index contributed by atoms with van der Waals surface area (Å²) in [5, 5.41) is 18.5. The van der Waals surface area contributed by atoms with Crippen molar-refractivity contribution in [2.45, 2.75) is 26.1 Å². The Morgan fingerprint density at radius 3 is 2.78 bits per heavy atom. The molecule has 5 nitrogen and oxygen atoms in total. The highest BCUT2D eigenvalue weighted by Crippen LogP contribution is 2.36. The van der Waals surface area contributed by atoms with E-state index in [0.717, 1.165) is 0 Å². The smallest absolute Gasteiger partial charge is 0.255 e. The maximum absolute atomic E-state index is 12.3. The van der Waals surface area contributed by atoms with Crippen molar-refractivity contribution in [2.24, 2.45) is 0 Å². The van der Waals surface area contributed by atoms with E-state index in [1.54, 1.807) is 30.5 Å². The molecule has 116 valence electrons. The number of fused-ring (bicyclic) bond motifs is 1. The summed E-state index contributed by atoms with van der Waals surface area (Å²) in [6.07, 6.45) is 3.46. The summed E-state index contributed by atoms with van der Waals surface area (Å²) in [6, 6.07) is 10.2. The summed E-state index contributed by atoms with van der Waals surface area (Å²) >= 11 is 0. The first-order chi connectivity index (χ1) is 10.9. The fourth-order valence-electron chi connectivity index (χ4n) is 2.62. The molecule has 1 aliphatic heterocycles. The van der Waals surface area contributed by atoms with Crippen LogP contribution in [0.15, 0.2) is 47.4 Å². The van der Waals surface area contributed by atoms with Gasteiger partial charge in [0.25, 0.3) is 5.56 Å². The largest absolute Gasteiger partial charge is 0.483 e.